The predicted molar refractivity (Wildman–Crippen MR) is 114 cm³/mol. The summed E-state index contributed by atoms with van der Waals surface area (Å²) in [7, 11) is 0. The first-order valence-corrected chi connectivity index (χ1v) is 10.8. The molecule has 3 rings (SSSR count). The Hall–Kier alpha value is -2.87. The van der Waals surface area contributed by atoms with Gasteiger partial charge in [-0.3, -0.25) is 14.4 Å². The molecule has 0 unspecified atom stereocenters. The molecule has 1 heterocycles. The van der Waals surface area contributed by atoms with Gasteiger partial charge in [-0.2, -0.15) is 0 Å². The topological polar surface area (TPSA) is 86.7 Å². The molecule has 0 bridgehead atoms. The lowest BCUT2D eigenvalue weighted by Gasteiger charge is -2.30. The fourth-order valence-corrected chi connectivity index (χ4v) is 4.04. The van der Waals surface area contributed by atoms with Crippen LogP contribution in [0.2, 0.25) is 0 Å². The number of nitrogens with one attached hydrogen (secondary N) is 1. The number of hydrogen-bond donors (Lipinski definition) is 2. The van der Waals surface area contributed by atoms with Crippen molar-refractivity contribution < 1.29 is 23.9 Å². The second kappa shape index (κ2) is 10.2. The van der Waals surface area contributed by atoms with Crippen LogP contribution in [0.1, 0.15) is 28.8 Å². The van der Waals surface area contributed by atoms with E-state index < -0.39 is 5.97 Å². The standard InChI is InChI=1S/C22H23FN2O4S/c23-18-5-7-19(8-6-18)24-20(26)14-30-13-15-1-3-16(4-2-15)21(27)25-11-9-17(10-12-25)22(28)29/h1-8,17H,9-14H2,(H,24,26)(H,28,29). The van der Waals surface area contributed by atoms with Crippen molar-refractivity contribution in [2.24, 2.45) is 5.92 Å². The van der Waals surface area contributed by atoms with Gasteiger partial charge in [0.1, 0.15) is 5.82 Å². The van der Waals surface area contributed by atoms with Gasteiger partial charge in [-0.1, -0.05) is 12.1 Å². The van der Waals surface area contributed by atoms with Gasteiger partial charge in [0.2, 0.25) is 5.91 Å². The summed E-state index contributed by atoms with van der Waals surface area (Å²) in [5, 5.41) is 11.8. The smallest absolute Gasteiger partial charge is 0.306 e. The second-order valence-electron chi connectivity index (χ2n) is 7.15. The van der Waals surface area contributed by atoms with Crippen LogP contribution in [0.4, 0.5) is 10.1 Å². The van der Waals surface area contributed by atoms with E-state index in [1.807, 2.05) is 12.1 Å². The second-order valence-corrected chi connectivity index (χ2v) is 8.14. The Kier molecular flexibility index (Phi) is 7.46. The molecule has 0 aliphatic carbocycles. The number of hydrogen-bond acceptors (Lipinski definition) is 4. The number of carbonyl (C=O) groups excluding carboxylic acids is 2. The molecular weight excluding hydrogens is 407 g/mol. The first kappa shape index (κ1) is 21.8. The van der Waals surface area contributed by atoms with E-state index in [4.69, 9.17) is 5.11 Å². The van der Waals surface area contributed by atoms with Crippen LogP contribution in [0.25, 0.3) is 0 Å². The van der Waals surface area contributed by atoms with Crippen molar-refractivity contribution in [1.82, 2.24) is 4.90 Å². The molecule has 158 valence electrons. The van der Waals surface area contributed by atoms with Gasteiger partial charge in [-0.15, -0.1) is 11.8 Å². The third kappa shape index (κ3) is 6.06. The first-order valence-electron chi connectivity index (χ1n) is 9.66. The predicted octanol–water partition coefficient (Wildman–Crippen LogP) is 3.63. The lowest BCUT2D eigenvalue weighted by Crippen LogP contribution is -2.40. The highest BCUT2D eigenvalue weighted by atomic mass is 32.2. The number of thioether (sulfide) groups is 1. The van der Waals surface area contributed by atoms with E-state index in [1.54, 1.807) is 17.0 Å². The van der Waals surface area contributed by atoms with Gasteiger partial charge in [0.05, 0.1) is 11.7 Å². The molecule has 30 heavy (non-hydrogen) atoms. The van der Waals surface area contributed by atoms with Gasteiger partial charge in [-0.05, 0) is 54.8 Å². The summed E-state index contributed by atoms with van der Waals surface area (Å²) in [6.07, 6.45) is 0.964. The van der Waals surface area contributed by atoms with Crippen LogP contribution in [0, 0.1) is 11.7 Å². The summed E-state index contributed by atoms with van der Waals surface area (Å²) in [5.41, 5.74) is 2.12. The van der Waals surface area contributed by atoms with Gasteiger partial charge in [0, 0.05) is 30.1 Å². The highest BCUT2D eigenvalue weighted by molar-refractivity contribution is 7.99. The molecule has 6 nitrogen and oxygen atoms in total. The van der Waals surface area contributed by atoms with Gasteiger partial charge in [0.25, 0.3) is 5.91 Å². The minimum absolute atomic E-state index is 0.0864. The number of benzene rings is 2. The maximum Gasteiger partial charge on any atom is 0.306 e. The lowest BCUT2D eigenvalue weighted by molar-refractivity contribution is -0.143. The Balaban J connectivity index is 1.43. The van der Waals surface area contributed by atoms with Crippen LogP contribution in [0.5, 0.6) is 0 Å². The number of carboxylic acids is 1. The van der Waals surface area contributed by atoms with E-state index in [0.29, 0.717) is 42.9 Å². The van der Waals surface area contributed by atoms with Crippen LogP contribution in [-0.2, 0) is 15.3 Å². The fraction of sp³-hybridized carbons (Fsp3) is 0.318. The average molecular weight is 431 g/mol. The van der Waals surface area contributed by atoms with E-state index in [-0.39, 0.29) is 29.3 Å². The fourth-order valence-electron chi connectivity index (χ4n) is 3.25. The summed E-state index contributed by atoms with van der Waals surface area (Å²) in [4.78, 5) is 37.3. The normalized spacial score (nSPS) is 14.4. The maximum absolute atomic E-state index is 12.9. The third-order valence-corrected chi connectivity index (χ3v) is 5.97. The Bertz CT molecular complexity index is 894. The van der Waals surface area contributed by atoms with Crippen LogP contribution < -0.4 is 5.32 Å². The molecule has 2 amide bonds. The highest BCUT2D eigenvalue weighted by Crippen LogP contribution is 2.20. The first-order chi connectivity index (χ1) is 14.4. The molecule has 1 aliphatic rings. The van der Waals surface area contributed by atoms with E-state index >= 15 is 0 Å². The zero-order chi connectivity index (χ0) is 21.5. The van der Waals surface area contributed by atoms with Gasteiger partial charge in [0.15, 0.2) is 0 Å². The zero-order valence-electron chi connectivity index (χ0n) is 16.3. The monoisotopic (exact) mass is 430 g/mol. The van der Waals surface area contributed by atoms with E-state index in [2.05, 4.69) is 5.32 Å². The molecule has 0 radical (unpaired) electrons. The number of carbonyl (C=O) groups is 3. The van der Waals surface area contributed by atoms with Crippen molar-refractivity contribution in [3.8, 4) is 0 Å². The molecule has 8 heteroatoms. The summed E-state index contributed by atoms with van der Waals surface area (Å²) in [6, 6.07) is 12.9. The summed E-state index contributed by atoms with van der Waals surface area (Å²) in [6.45, 7) is 0.910. The molecule has 2 aromatic carbocycles. The van der Waals surface area contributed by atoms with Crippen molar-refractivity contribution in [2.75, 3.05) is 24.2 Å². The third-order valence-electron chi connectivity index (χ3n) is 4.96. The summed E-state index contributed by atoms with van der Waals surface area (Å²) >= 11 is 1.45. The van der Waals surface area contributed by atoms with Crippen molar-refractivity contribution in [1.29, 1.82) is 0 Å². The number of aliphatic carboxylic acids is 1. The Morgan fingerprint density at radius 3 is 2.27 bits per heavy atom. The van der Waals surface area contributed by atoms with Crippen LogP contribution in [0.15, 0.2) is 48.5 Å². The largest absolute Gasteiger partial charge is 0.481 e. The van der Waals surface area contributed by atoms with Gasteiger partial charge < -0.3 is 15.3 Å². The number of piperidine rings is 1. The Morgan fingerprint density at radius 1 is 1.03 bits per heavy atom. The molecule has 2 N–H and O–H groups in total. The molecule has 1 fully saturated rings. The number of amides is 2. The summed E-state index contributed by atoms with van der Waals surface area (Å²) in [5.74, 6) is -0.885. The molecule has 0 spiro atoms. The molecule has 0 saturated carbocycles. The molecular formula is C22H23FN2O4S. The SMILES string of the molecule is O=C(CSCc1ccc(C(=O)N2CCC(C(=O)O)CC2)cc1)Nc1ccc(F)cc1. The Labute approximate surface area is 178 Å². The highest BCUT2D eigenvalue weighted by Gasteiger charge is 2.27. The number of anilines is 1. The maximum atomic E-state index is 12.9. The van der Waals surface area contributed by atoms with Crippen LogP contribution >= 0.6 is 11.8 Å². The van der Waals surface area contributed by atoms with Crippen molar-refractivity contribution in [2.45, 2.75) is 18.6 Å². The average Bonchev–Trinajstić information content (AvgIpc) is 2.75. The van der Waals surface area contributed by atoms with Crippen molar-refractivity contribution in [3.63, 3.8) is 0 Å². The summed E-state index contributed by atoms with van der Waals surface area (Å²) < 4.78 is 12.9. The van der Waals surface area contributed by atoms with Crippen molar-refractivity contribution >= 4 is 35.2 Å². The minimum atomic E-state index is -0.796. The molecule has 1 aliphatic heterocycles. The lowest BCUT2D eigenvalue weighted by atomic mass is 9.96. The van der Waals surface area contributed by atoms with Gasteiger partial charge in [-0.25, -0.2) is 4.39 Å². The molecule has 2 aromatic rings. The number of carboxylic acid groups (broad SMARTS) is 1. The number of halogens is 1. The van der Waals surface area contributed by atoms with E-state index in [9.17, 15) is 18.8 Å². The zero-order valence-corrected chi connectivity index (χ0v) is 17.2. The van der Waals surface area contributed by atoms with Crippen LogP contribution in [0.3, 0.4) is 0 Å². The number of likely N-dealkylation sites (tertiary alicyclic amines) is 1. The van der Waals surface area contributed by atoms with Gasteiger partial charge >= 0.3 is 5.97 Å². The molecule has 1 saturated heterocycles. The minimum Gasteiger partial charge on any atom is -0.481 e. The van der Waals surface area contributed by atoms with E-state index in [0.717, 1.165) is 5.56 Å². The van der Waals surface area contributed by atoms with Crippen molar-refractivity contribution in [3.05, 3.63) is 65.5 Å². The van der Waals surface area contributed by atoms with Crippen LogP contribution in [-0.4, -0.2) is 46.6 Å². The van der Waals surface area contributed by atoms with E-state index in [1.165, 1.54) is 36.0 Å². The number of nitrogens with zero attached hydrogens (tertiary/aromatic N) is 1. The molecule has 0 aromatic heterocycles. The Morgan fingerprint density at radius 2 is 1.67 bits per heavy atom. The quantitative estimate of drug-likeness (QED) is 0.701. The number of rotatable bonds is 7. The molecule has 0 atom stereocenters.